The van der Waals surface area contributed by atoms with Crippen molar-refractivity contribution in [2.45, 2.75) is 26.2 Å². The molecule has 0 bridgehead atoms. The lowest BCUT2D eigenvalue weighted by Gasteiger charge is -2.24. The Hall–Kier alpha value is -2.29. The highest BCUT2D eigenvalue weighted by Crippen LogP contribution is 2.29. The van der Waals surface area contributed by atoms with Crippen LogP contribution in [0.5, 0.6) is 5.75 Å². The second-order valence-corrected chi connectivity index (χ2v) is 5.65. The summed E-state index contributed by atoms with van der Waals surface area (Å²) in [6.45, 7) is 5.82. The van der Waals surface area contributed by atoms with Crippen molar-refractivity contribution in [1.82, 2.24) is 0 Å². The second kappa shape index (κ2) is 6.00. The van der Waals surface area contributed by atoms with Crippen molar-refractivity contribution in [2.75, 3.05) is 12.4 Å². The number of hydrogen-bond acceptors (Lipinski definition) is 2. The molecule has 1 amide bonds. The van der Waals surface area contributed by atoms with Crippen LogP contribution >= 0.6 is 0 Å². The van der Waals surface area contributed by atoms with E-state index in [1.54, 1.807) is 7.11 Å². The van der Waals surface area contributed by atoms with E-state index in [9.17, 15) is 4.79 Å². The highest BCUT2D eigenvalue weighted by atomic mass is 16.5. The monoisotopic (exact) mass is 283 g/mol. The van der Waals surface area contributed by atoms with Crippen molar-refractivity contribution in [2.24, 2.45) is 0 Å². The Labute approximate surface area is 126 Å². The van der Waals surface area contributed by atoms with Gasteiger partial charge in [-0.2, -0.15) is 0 Å². The van der Waals surface area contributed by atoms with Gasteiger partial charge in [-0.15, -0.1) is 0 Å². The molecule has 0 aliphatic carbocycles. The molecule has 0 atom stereocenters. The Morgan fingerprint density at radius 1 is 1.10 bits per heavy atom. The Morgan fingerprint density at radius 3 is 2.38 bits per heavy atom. The zero-order chi connectivity index (χ0) is 15.5. The van der Waals surface area contributed by atoms with E-state index in [1.165, 1.54) is 0 Å². The molecule has 0 saturated carbocycles. The number of ether oxygens (including phenoxy) is 1. The predicted molar refractivity (Wildman–Crippen MR) is 85.8 cm³/mol. The minimum absolute atomic E-state index is 0.0578. The molecule has 0 fully saturated rings. The Kier molecular flexibility index (Phi) is 4.32. The van der Waals surface area contributed by atoms with Crippen LogP contribution in [-0.4, -0.2) is 13.0 Å². The zero-order valence-electron chi connectivity index (χ0n) is 12.9. The lowest BCUT2D eigenvalue weighted by molar-refractivity contribution is -0.120. The first-order valence-electron chi connectivity index (χ1n) is 6.97. The zero-order valence-corrected chi connectivity index (χ0v) is 12.9. The molecule has 110 valence electrons. The van der Waals surface area contributed by atoms with Crippen LogP contribution in [0.15, 0.2) is 48.5 Å². The predicted octanol–water partition coefficient (Wildman–Crippen LogP) is 3.92. The third kappa shape index (κ3) is 3.24. The molecule has 0 aliphatic rings. The van der Waals surface area contributed by atoms with Crippen LogP contribution in [0.25, 0.3) is 0 Å². The van der Waals surface area contributed by atoms with Crippen molar-refractivity contribution < 1.29 is 9.53 Å². The Balaban J connectivity index is 2.27. The third-order valence-electron chi connectivity index (χ3n) is 3.67. The third-order valence-corrected chi connectivity index (χ3v) is 3.67. The largest absolute Gasteiger partial charge is 0.495 e. The normalized spacial score (nSPS) is 11.0. The van der Waals surface area contributed by atoms with Gasteiger partial charge < -0.3 is 10.1 Å². The number of carbonyl (C=O) groups excluding carboxylic acids is 1. The highest BCUT2D eigenvalue weighted by molar-refractivity contribution is 5.99. The topological polar surface area (TPSA) is 38.3 Å². The number of rotatable bonds is 4. The summed E-state index contributed by atoms with van der Waals surface area (Å²) >= 11 is 0. The first-order valence-corrected chi connectivity index (χ1v) is 6.97. The fourth-order valence-corrected chi connectivity index (χ4v) is 2.18. The molecule has 3 nitrogen and oxygen atoms in total. The quantitative estimate of drug-likeness (QED) is 0.923. The Bertz CT molecular complexity index is 633. The Morgan fingerprint density at radius 2 is 1.76 bits per heavy atom. The number of amides is 1. The summed E-state index contributed by atoms with van der Waals surface area (Å²) in [7, 11) is 1.60. The standard InChI is InChI=1S/C18H21NO2/c1-13-10-11-16(21-4)15(12-13)19-17(20)18(2,3)14-8-6-5-7-9-14/h5-12H,1-4H3,(H,19,20). The summed E-state index contributed by atoms with van der Waals surface area (Å²) in [6.07, 6.45) is 0. The van der Waals surface area contributed by atoms with Crippen LogP contribution in [0.3, 0.4) is 0 Å². The van der Waals surface area contributed by atoms with Crippen LogP contribution in [0.2, 0.25) is 0 Å². The summed E-state index contributed by atoms with van der Waals surface area (Å²) < 4.78 is 5.30. The summed E-state index contributed by atoms with van der Waals surface area (Å²) in [5.41, 5.74) is 2.14. The molecule has 0 aliphatic heterocycles. The molecule has 2 aromatic rings. The highest BCUT2D eigenvalue weighted by Gasteiger charge is 2.30. The van der Waals surface area contributed by atoms with Gasteiger partial charge in [-0.3, -0.25) is 4.79 Å². The fourth-order valence-electron chi connectivity index (χ4n) is 2.18. The van der Waals surface area contributed by atoms with Gasteiger partial charge in [-0.1, -0.05) is 36.4 Å². The van der Waals surface area contributed by atoms with Crippen molar-refractivity contribution >= 4 is 11.6 Å². The molecule has 2 aromatic carbocycles. The minimum Gasteiger partial charge on any atom is -0.495 e. The van der Waals surface area contributed by atoms with E-state index in [0.29, 0.717) is 11.4 Å². The van der Waals surface area contributed by atoms with Crippen LogP contribution < -0.4 is 10.1 Å². The van der Waals surface area contributed by atoms with E-state index >= 15 is 0 Å². The number of benzene rings is 2. The number of methoxy groups -OCH3 is 1. The number of aryl methyl sites for hydroxylation is 1. The van der Waals surface area contributed by atoms with E-state index < -0.39 is 5.41 Å². The number of hydrogen-bond donors (Lipinski definition) is 1. The maximum atomic E-state index is 12.6. The van der Waals surface area contributed by atoms with Crippen molar-refractivity contribution in [3.63, 3.8) is 0 Å². The maximum absolute atomic E-state index is 12.6. The minimum atomic E-state index is -0.615. The van der Waals surface area contributed by atoms with Gasteiger partial charge in [0.25, 0.3) is 0 Å². The summed E-state index contributed by atoms with van der Waals surface area (Å²) in [5.74, 6) is 0.607. The summed E-state index contributed by atoms with van der Waals surface area (Å²) in [5, 5.41) is 2.98. The van der Waals surface area contributed by atoms with Gasteiger partial charge in [0.1, 0.15) is 5.75 Å². The smallest absolute Gasteiger partial charge is 0.234 e. The molecule has 21 heavy (non-hydrogen) atoms. The molecule has 0 radical (unpaired) electrons. The molecular formula is C18H21NO2. The maximum Gasteiger partial charge on any atom is 0.234 e. The number of carbonyl (C=O) groups is 1. The molecule has 3 heteroatoms. The SMILES string of the molecule is COc1ccc(C)cc1NC(=O)C(C)(C)c1ccccc1. The first kappa shape index (κ1) is 15.1. The molecule has 0 aromatic heterocycles. The second-order valence-electron chi connectivity index (χ2n) is 5.65. The fraction of sp³-hybridized carbons (Fsp3) is 0.278. The molecule has 0 heterocycles. The van der Waals surface area contributed by atoms with Crippen LogP contribution in [-0.2, 0) is 10.2 Å². The average molecular weight is 283 g/mol. The lowest BCUT2D eigenvalue weighted by Crippen LogP contribution is -2.34. The lowest BCUT2D eigenvalue weighted by atomic mass is 9.83. The molecule has 1 N–H and O–H groups in total. The van der Waals surface area contributed by atoms with Gasteiger partial charge in [0.2, 0.25) is 5.91 Å². The van der Waals surface area contributed by atoms with Crippen LogP contribution in [0.4, 0.5) is 5.69 Å². The summed E-state index contributed by atoms with van der Waals surface area (Å²) in [6, 6.07) is 15.5. The molecule has 2 rings (SSSR count). The first-order chi connectivity index (χ1) is 9.95. The van der Waals surface area contributed by atoms with Gasteiger partial charge >= 0.3 is 0 Å². The van der Waals surface area contributed by atoms with E-state index in [-0.39, 0.29) is 5.91 Å². The van der Waals surface area contributed by atoms with Crippen molar-refractivity contribution in [3.05, 3.63) is 59.7 Å². The van der Waals surface area contributed by atoms with Gasteiger partial charge in [0.15, 0.2) is 0 Å². The van der Waals surface area contributed by atoms with Gasteiger partial charge in [0.05, 0.1) is 18.2 Å². The molecular weight excluding hydrogens is 262 g/mol. The average Bonchev–Trinajstić information content (AvgIpc) is 2.48. The van der Waals surface area contributed by atoms with Crippen LogP contribution in [0, 0.1) is 6.92 Å². The van der Waals surface area contributed by atoms with E-state index in [2.05, 4.69) is 5.32 Å². The van der Waals surface area contributed by atoms with Crippen molar-refractivity contribution in [1.29, 1.82) is 0 Å². The van der Waals surface area contributed by atoms with Crippen molar-refractivity contribution in [3.8, 4) is 5.75 Å². The summed E-state index contributed by atoms with van der Waals surface area (Å²) in [4.78, 5) is 12.6. The van der Waals surface area contributed by atoms with Crippen LogP contribution in [0.1, 0.15) is 25.0 Å². The van der Waals surface area contributed by atoms with Gasteiger partial charge in [-0.25, -0.2) is 0 Å². The molecule has 0 saturated heterocycles. The van der Waals surface area contributed by atoms with E-state index in [1.807, 2.05) is 69.3 Å². The molecule has 0 unspecified atom stereocenters. The van der Waals surface area contributed by atoms with E-state index in [0.717, 1.165) is 11.1 Å². The van der Waals surface area contributed by atoms with Gasteiger partial charge in [0, 0.05) is 0 Å². The number of nitrogens with one attached hydrogen (secondary N) is 1. The number of anilines is 1. The van der Waals surface area contributed by atoms with E-state index in [4.69, 9.17) is 4.74 Å². The molecule has 0 spiro atoms. The van der Waals surface area contributed by atoms with Gasteiger partial charge in [-0.05, 0) is 44.0 Å².